The van der Waals surface area contributed by atoms with Crippen molar-refractivity contribution in [2.45, 2.75) is 20.4 Å². The van der Waals surface area contributed by atoms with Gasteiger partial charge in [-0.3, -0.25) is 14.6 Å². The number of aromatic nitrogens is 3. The molecule has 0 spiro atoms. The highest BCUT2D eigenvalue weighted by Gasteiger charge is 2.24. The van der Waals surface area contributed by atoms with Crippen molar-refractivity contribution < 1.29 is 9.90 Å². The van der Waals surface area contributed by atoms with Crippen LogP contribution in [0.25, 0.3) is 5.65 Å². The average molecular weight is 360 g/mol. The van der Waals surface area contributed by atoms with Crippen molar-refractivity contribution in [3.8, 4) is 0 Å². The second kappa shape index (κ2) is 8.57. The van der Waals surface area contributed by atoms with Gasteiger partial charge in [-0.2, -0.15) is 5.10 Å². The third-order valence-electron chi connectivity index (χ3n) is 5.02. The Morgan fingerprint density at radius 2 is 1.92 bits per heavy atom. The molecule has 0 unspecified atom stereocenters. The molecule has 8 heteroatoms. The maximum atomic E-state index is 12.9. The normalized spacial score (nSPS) is 15.9. The first kappa shape index (κ1) is 18.8. The summed E-state index contributed by atoms with van der Waals surface area (Å²) in [6.07, 6.45) is 5.41. The van der Waals surface area contributed by atoms with Gasteiger partial charge in [0.15, 0.2) is 5.65 Å². The van der Waals surface area contributed by atoms with Gasteiger partial charge < -0.3 is 10.0 Å². The van der Waals surface area contributed by atoms with Gasteiger partial charge in [-0.1, -0.05) is 13.8 Å². The molecule has 2 aromatic heterocycles. The number of amides is 1. The lowest BCUT2D eigenvalue weighted by molar-refractivity contribution is 0.0616. The smallest absolute Gasteiger partial charge is 0.259 e. The first-order valence-corrected chi connectivity index (χ1v) is 9.33. The summed E-state index contributed by atoms with van der Waals surface area (Å²) in [6.45, 7) is 10.8. The van der Waals surface area contributed by atoms with Crippen molar-refractivity contribution in [1.29, 1.82) is 0 Å². The van der Waals surface area contributed by atoms with Crippen molar-refractivity contribution in [2.24, 2.45) is 0 Å². The lowest BCUT2D eigenvalue weighted by Crippen LogP contribution is -2.49. The van der Waals surface area contributed by atoms with E-state index in [4.69, 9.17) is 5.11 Å². The molecule has 26 heavy (non-hydrogen) atoms. The van der Waals surface area contributed by atoms with Crippen LogP contribution >= 0.6 is 0 Å². The Morgan fingerprint density at radius 3 is 2.58 bits per heavy atom. The number of hydrogen-bond acceptors (Lipinski definition) is 6. The van der Waals surface area contributed by atoms with Crippen molar-refractivity contribution in [1.82, 2.24) is 29.3 Å². The largest absolute Gasteiger partial charge is 0.395 e. The van der Waals surface area contributed by atoms with Crippen molar-refractivity contribution in [3.05, 3.63) is 29.7 Å². The molecule has 3 heterocycles. The van der Waals surface area contributed by atoms with Crippen LogP contribution in [0.15, 0.2) is 18.6 Å². The van der Waals surface area contributed by atoms with E-state index in [2.05, 4.69) is 33.7 Å². The van der Waals surface area contributed by atoms with Crippen molar-refractivity contribution >= 4 is 11.6 Å². The van der Waals surface area contributed by atoms with E-state index in [0.717, 1.165) is 38.3 Å². The highest BCUT2D eigenvalue weighted by atomic mass is 16.3. The van der Waals surface area contributed by atoms with Crippen LogP contribution in [-0.4, -0.2) is 92.7 Å². The van der Waals surface area contributed by atoms with Gasteiger partial charge in [0.25, 0.3) is 5.91 Å². The molecule has 0 saturated carbocycles. The Kier molecular flexibility index (Phi) is 6.18. The van der Waals surface area contributed by atoms with Gasteiger partial charge in [0, 0.05) is 57.2 Å². The van der Waals surface area contributed by atoms with Gasteiger partial charge in [0.1, 0.15) is 5.56 Å². The minimum atomic E-state index is -0.0207. The Balaban J connectivity index is 1.71. The summed E-state index contributed by atoms with van der Waals surface area (Å²) in [6, 6.07) is 0. The molecule has 3 rings (SSSR count). The summed E-state index contributed by atoms with van der Waals surface area (Å²) in [5.74, 6) is -0.0207. The number of nitrogens with zero attached hydrogens (tertiary/aromatic N) is 6. The number of β-amino-alcohol motifs (C(OH)–C–C–N with tert-alkyl or cyclic N) is 1. The Bertz CT molecular complexity index is 734. The summed E-state index contributed by atoms with van der Waals surface area (Å²) in [7, 11) is 0. The lowest BCUT2D eigenvalue weighted by atomic mass is 10.2. The van der Waals surface area contributed by atoms with Gasteiger partial charge in [0.05, 0.1) is 12.8 Å². The summed E-state index contributed by atoms with van der Waals surface area (Å²) in [5, 5.41) is 13.4. The molecule has 1 N–H and O–H groups in total. The zero-order valence-electron chi connectivity index (χ0n) is 15.6. The van der Waals surface area contributed by atoms with Crippen LogP contribution in [-0.2, 0) is 6.54 Å². The van der Waals surface area contributed by atoms with E-state index in [1.807, 2.05) is 17.3 Å². The number of aliphatic hydroxyl groups excluding tert-OH is 1. The highest BCUT2D eigenvalue weighted by molar-refractivity contribution is 5.99. The molecule has 1 fully saturated rings. The lowest BCUT2D eigenvalue weighted by Gasteiger charge is -2.34. The number of fused-ring (bicyclic) bond motifs is 1. The molecule has 0 atom stereocenters. The number of carbonyl (C=O) groups excluding carboxylic acids is 1. The predicted molar refractivity (Wildman–Crippen MR) is 99.0 cm³/mol. The second-order valence-electron chi connectivity index (χ2n) is 6.61. The predicted octanol–water partition coefficient (Wildman–Crippen LogP) is 0.321. The maximum Gasteiger partial charge on any atom is 0.259 e. The third-order valence-corrected chi connectivity index (χ3v) is 5.02. The molecule has 8 nitrogen and oxygen atoms in total. The zero-order chi connectivity index (χ0) is 18.5. The van der Waals surface area contributed by atoms with E-state index < -0.39 is 0 Å². The van der Waals surface area contributed by atoms with Gasteiger partial charge in [-0.05, 0) is 13.1 Å². The Hall–Kier alpha value is -2.03. The molecule has 2 aromatic rings. The molecular formula is C18H28N6O2. The molecule has 0 aliphatic carbocycles. The number of aliphatic hydroxyl groups is 1. The SMILES string of the molecule is CCN(CC)Cc1cnc2c(C(=O)N3CCN(CCO)CC3)cnn2c1. The Morgan fingerprint density at radius 1 is 1.19 bits per heavy atom. The van der Waals surface area contributed by atoms with E-state index in [9.17, 15) is 4.79 Å². The van der Waals surface area contributed by atoms with Gasteiger partial charge in [-0.15, -0.1) is 0 Å². The van der Waals surface area contributed by atoms with Gasteiger partial charge in [-0.25, -0.2) is 9.50 Å². The first-order chi connectivity index (χ1) is 12.7. The first-order valence-electron chi connectivity index (χ1n) is 9.33. The van der Waals surface area contributed by atoms with E-state index >= 15 is 0 Å². The van der Waals surface area contributed by atoms with Crippen LogP contribution in [0.4, 0.5) is 0 Å². The number of hydrogen-bond donors (Lipinski definition) is 1. The summed E-state index contributed by atoms with van der Waals surface area (Å²) < 4.78 is 1.70. The van der Waals surface area contributed by atoms with Crippen LogP contribution in [0.1, 0.15) is 29.8 Å². The molecule has 142 valence electrons. The number of rotatable bonds is 7. The van der Waals surface area contributed by atoms with Crippen LogP contribution in [0.5, 0.6) is 0 Å². The van der Waals surface area contributed by atoms with Gasteiger partial charge in [0.2, 0.25) is 0 Å². The number of piperazine rings is 1. The summed E-state index contributed by atoms with van der Waals surface area (Å²) >= 11 is 0. The molecule has 1 aliphatic rings. The van der Waals surface area contributed by atoms with Crippen LogP contribution < -0.4 is 0 Å². The zero-order valence-corrected chi connectivity index (χ0v) is 15.6. The topological polar surface area (TPSA) is 77.2 Å². The molecule has 1 aliphatic heterocycles. The van der Waals surface area contributed by atoms with E-state index in [1.165, 1.54) is 0 Å². The van der Waals surface area contributed by atoms with Crippen molar-refractivity contribution in [2.75, 3.05) is 52.4 Å². The summed E-state index contributed by atoms with van der Waals surface area (Å²) in [4.78, 5) is 23.7. The molecule has 0 bridgehead atoms. The van der Waals surface area contributed by atoms with Gasteiger partial charge >= 0.3 is 0 Å². The highest BCUT2D eigenvalue weighted by Crippen LogP contribution is 2.14. The fourth-order valence-corrected chi connectivity index (χ4v) is 3.34. The van der Waals surface area contributed by atoms with E-state index in [-0.39, 0.29) is 12.5 Å². The standard InChI is InChI=1S/C18H28N6O2/c1-3-21(4-2)13-15-11-19-17-16(12-20-24(17)14-15)18(26)23-7-5-22(6-8-23)9-10-25/h11-12,14,25H,3-10,13H2,1-2H3. The third kappa shape index (κ3) is 4.03. The summed E-state index contributed by atoms with van der Waals surface area (Å²) in [5.41, 5.74) is 2.24. The monoisotopic (exact) mass is 360 g/mol. The molecule has 1 amide bonds. The molecular weight excluding hydrogens is 332 g/mol. The van der Waals surface area contributed by atoms with Crippen LogP contribution in [0.2, 0.25) is 0 Å². The molecule has 0 aromatic carbocycles. The minimum Gasteiger partial charge on any atom is -0.395 e. The quantitative estimate of drug-likeness (QED) is 0.766. The Labute approximate surface area is 154 Å². The fraction of sp³-hybridized carbons (Fsp3) is 0.611. The van der Waals surface area contributed by atoms with E-state index in [1.54, 1.807) is 10.7 Å². The second-order valence-corrected chi connectivity index (χ2v) is 6.61. The molecule has 1 saturated heterocycles. The van der Waals surface area contributed by atoms with Crippen molar-refractivity contribution in [3.63, 3.8) is 0 Å². The number of carbonyl (C=O) groups is 1. The van der Waals surface area contributed by atoms with Crippen LogP contribution in [0.3, 0.4) is 0 Å². The molecule has 0 radical (unpaired) electrons. The van der Waals surface area contributed by atoms with E-state index in [0.29, 0.717) is 30.8 Å². The minimum absolute atomic E-state index is 0.0207. The average Bonchev–Trinajstić information content (AvgIpc) is 3.09. The maximum absolute atomic E-state index is 12.9. The van der Waals surface area contributed by atoms with Crippen LogP contribution in [0, 0.1) is 0 Å². The fourth-order valence-electron chi connectivity index (χ4n) is 3.34.